The molecule has 0 spiro atoms. The van der Waals surface area contributed by atoms with Crippen molar-refractivity contribution in [3.63, 3.8) is 0 Å². The van der Waals surface area contributed by atoms with Crippen molar-refractivity contribution in [2.75, 3.05) is 6.54 Å². The van der Waals surface area contributed by atoms with Crippen molar-refractivity contribution in [3.05, 3.63) is 83.7 Å². The second-order valence-electron chi connectivity index (χ2n) is 8.73. The molecule has 0 bridgehead atoms. The average molecular weight is 466 g/mol. The van der Waals surface area contributed by atoms with Gasteiger partial charge in [0.1, 0.15) is 35.7 Å². The zero-order chi connectivity index (χ0) is 23.9. The van der Waals surface area contributed by atoms with Crippen LogP contribution in [0.25, 0.3) is 11.4 Å². The van der Waals surface area contributed by atoms with Crippen molar-refractivity contribution in [1.29, 1.82) is 0 Å². The highest BCUT2D eigenvalue weighted by molar-refractivity contribution is 5.55. The minimum Gasteiger partial charge on any atom is -0.381 e. The molecule has 4 aromatic rings. The number of halogens is 2. The highest BCUT2D eigenvalue weighted by Crippen LogP contribution is 2.34. The molecule has 8 nitrogen and oxygen atoms in total. The Labute approximate surface area is 195 Å². The molecule has 0 unspecified atom stereocenters. The van der Waals surface area contributed by atoms with Crippen molar-refractivity contribution in [2.45, 2.75) is 45.1 Å². The van der Waals surface area contributed by atoms with E-state index in [1.807, 2.05) is 47.7 Å². The van der Waals surface area contributed by atoms with E-state index >= 15 is 0 Å². The molecule has 1 aliphatic heterocycles. The first-order valence-corrected chi connectivity index (χ1v) is 11.1. The largest absolute Gasteiger partial charge is 0.381 e. The lowest BCUT2D eigenvalue weighted by Gasteiger charge is -2.42. The van der Waals surface area contributed by atoms with Crippen LogP contribution in [-0.2, 0) is 25.2 Å². The fraction of sp³-hybridized carbons (Fsp3) is 0.333. The second-order valence-corrected chi connectivity index (χ2v) is 8.73. The van der Waals surface area contributed by atoms with Crippen LogP contribution in [0.5, 0.6) is 0 Å². The molecule has 0 fully saturated rings. The van der Waals surface area contributed by atoms with Crippen LogP contribution in [0.15, 0.2) is 55.1 Å². The summed E-state index contributed by atoms with van der Waals surface area (Å²) in [4.78, 5) is 10.7. The van der Waals surface area contributed by atoms with Gasteiger partial charge >= 0.3 is 0 Å². The van der Waals surface area contributed by atoms with Gasteiger partial charge < -0.3 is 5.11 Å². The maximum absolute atomic E-state index is 14.9. The molecular formula is C24H25F2N7O. The van der Waals surface area contributed by atoms with Gasteiger partial charge in [-0.05, 0) is 26.0 Å². The average Bonchev–Trinajstić information content (AvgIpc) is 3.47. The van der Waals surface area contributed by atoms with Gasteiger partial charge in [0.15, 0.2) is 5.82 Å². The fourth-order valence-corrected chi connectivity index (χ4v) is 4.54. The summed E-state index contributed by atoms with van der Waals surface area (Å²) >= 11 is 0. The number of hydrogen-bond donors (Lipinski definition) is 1. The molecule has 2 aromatic carbocycles. The molecule has 2 atom stereocenters. The maximum Gasteiger partial charge on any atom is 0.181 e. The van der Waals surface area contributed by atoms with E-state index in [1.165, 1.54) is 23.4 Å². The Morgan fingerprint density at radius 1 is 1.15 bits per heavy atom. The molecule has 0 saturated carbocycles. The Balaban J connectivity index is 1.46. The maximum atomic E-state index is 14.9. The lowest BCUT2D eigenvalue weighted by atomic mass is 9.85. The summed E-state index contributed by atoms with van der Waals surface area (Å²) in [6.45, 7) is 5.37. The SMILES string of the molecule is Cc1cccc(-c2nc3n(n2)CCN([C@H](C)[C@](O)(Cn2cncn2)c2ccc(F)cc2F)C3)c1. The van der Waals surface area contributed by atoms with Gasteiger partial charge in [0, 0.05) is 29.8 Å². The van der Waals surface area contributed by atoms with Gasteiger partial charge in [-0.1, -0.05) is 29.8 Å². The van der Waals surface area contributed by atoms with Crippen molar-refractivity contribution >= 4 is 0 Å². The van der Waals surface area contributed by atoms with Gasteiger partial charge in [0.2, 0.25) is 0 Å². The summed E-state index contributed by atoms with van der Waals surface area (Å²) in [6.07, 6.45) is 2.81. The zero-order valence-corrected chi connectivity index (χ0v) is 18.9. The first-order chi connectivity index (χ1) is 16.3. The molecule has 0 radical (unpaired) electrons. The van der Waals surface area contributed by atoms with Gasteiger partial charge in [-0.15, -0.1) is 0 Å². The molecule has 1 N–H and O–H groups in total. The first-order valence-electron chi connectivity index (χ1n) is 11.1. The fourth-order valence-electron chi connectivity index (χ4n) is 4.54. The summed E-state index contributed by atoms with van der Waals surface area (Å²) in [5.41, 5.74) is 0.370. The number of fused-ring (bicyclic) bond motifs is 1. The van der Waals surface area contributed by atoms with Gasteiger partial charge in [0.25, 0.3) is 0 Å². The lowest BCUT2D eigenvalue weighted by molar-refractivity contribution is -0.0714. The van der Waals surface area contributed by atoms with Crippen LogP contribution in [0.3, 0.4) is 0 Å². The number of nitrogens with zero attached hydrogens (tertiary/aromatic N) is 7. The summed E-state index contributed by atoms with van der Waals surface area (Å²) in [5, 5.41) is 20.6. The van der Waals surface area contributed by atoms with Crippen LogP contribution in [0.1, 0.15) is 23.9 Å². The smallest absolute Gasteiger partial charge is 0.181 e. The summed E-state index contributed by atoms with van der Waals surface area (Å²) in [6, 6.07) is 10.7. The third-order valence-electron chi connectivity index (χ3n) is 6.47. The van der Waals surface area contributed by atoms with Crippen LogP contribution in [0, 0.1) is 18.6 Å². The van der Waals surface area contributed by atoms with Crippen molar-refractivity contribution in [3.8, 4) is 11.4 Å². The molecule has 34 heavy (non-hydrogen) atoms. The van der Waals surface area contributed by atoms with Crippen LogP contribution >= 0.6 is 0 Å². The van der Waals surface area contributed by atoms with Gasteiger partial charge in [0.05, 0.1) is 19.6 Å². The van der Waals surface area contributed by atoms with Crippen molar-refractivity contribution in [1.82, 2.24) is 34.4 Å². The number of hydrogen-bond acceptors (Lipinski definition) is 6. The molecule has 10 heteroatoms. The normalized spacial score (nSPS) is 16.7. The monoisotopic (exact) mass is 465 g/mol. The first kappa shape index (κ1) is 22.3. The topological polar surface area (TPSA) is 84.9 Å². The van der Waals surface area contributed by atoms with Gasteiger partial charge in [-0.3, -0.25) is 4.90 Å². The van der Waals surface area contributed by atoms with Crippen LogP contribution in [0.2, 0.25) is 0 Å². The van der Waals surface area contributed by atoms with E-state index < -0.39 is 23.3 Å². The molecule has 0 aliphatic carbocycles. The van der Waals surface area contributed by atoms with E-state index in [0.717, 1.165) is 29.1 Å². The highest BCUT2D eigenvalue weighted by Gasteiger charge is 2.43. The van der Waals surface area contributed by atoms with E-state index in [-0.39, 0.29) is 12.1 Å². The Morgan fingerprint density at radius 2 is 2.00 bits per heavy atom. The van der Waals surface area contributed by atoms with E-state index in [2.05, 4.69) is 15.2 Å². The predicted molar refractivity (Wildman–Crippen MR) is 120 cm³/mol. The zero-order valence-electron chi connectivity index (χ0n) is 18.9. The Hall–Kier alpha value is -3.50. The molecule has 0 amide bonds. The number of benzene rings is 2. The summed E-state index contributed by atoms with van der Waals surface area (Å²) in [7, 11) is 0. The molecular weight excluding hydrogens is 440 g/mol. The van der Waals surface area contributed by atoms with Crippen molar-refractivity contribution in [2.24, 2.45) is 0 Å². The van der Waals surface area contributed by atoms with E-state index in [0.29, 0.717) is 25.5 Å². The van der Waals surface area contributed by atoms with Crippen LogP contribution < -0.4 is 0 Å². The highest BCUT2D eigenvalue weighted by atomic mass is 19.1. The van der Waals surface area contributed by atoms with E-state index in [4.69, 9.17) is 4.98 Å². The Kier molecular flexibility index (Phi) is 5.70. The van der Waals surface area contributed by atoms with Gasteiger partial charge in [-0.25, -0.2) is 28.1 Å². The molecule has 176 valence electrons. The third-order valence-corrected chi connectivity index (χ3v) is 6.47. The standard InChI is InChI=1S/C24H25F2N7O/c1-16-4-3-5-18(10-16)23-29-22-12-31(8-9-33(22)30-23)17(2)24(34,13-32-15-27-14-28-32)20-7-6-19(25)11-21(20)26/h3-7,10-11,14-15,17,34H,8-9,12-13H2,1-2H3/t17-,24-/m1/s1. The van der Waals surface area contributed by atoms with E-state index in [9.17, 15) is 13.9 Å². The molecule has 2 aromatic heterocycles. The number of rotatable bonds is 6. The number of aliphatic hydroxyl groups is 1. The molecule has 5 rings (SSSR count). The predicted octanol–water partition coefficient (Wildman–Crippen LogP) is 2.92. The lowest BCUT2D eigenvalue weighted by Crippen LogP contribution is -2.53. The van der Waals surface area contributed by atoms with E-state index in [1.54, 1.807) is 0 Å². The molecule has 3 heterocycles. The van der Waals surface area contributed by atoms with Gasteiger partial charge in [-0.2, -0.15) is 10.2 Å². The Bertz CT molecular complexity index is 1310. The quantitative estimate of drug-likeness (QED) is 0.471. The summed E-state index contributed by atoms with van der Waals surface area (Å²) < 4.78 is 31.8. The third kappa shape index (κ3) is 4.10. The molecule has 1 aliphatic rings. The minimum atomic E-state index is -1.70. The number of aromatic nitrogens is 6. The molecule has 0 saturated heterocycles. The van der Waals surface area contributed by atoms with Crippen LogP contribution in [-0.4, -0.2) is 52.1 Å². The van der Waals surface area contributed by atoms with Crippen LogP contribution in [0.4, 0.5) is 8.78 Å². The second kappa shape index (κ2) is 8.69. The summed E-state index contributed by atoms with van der Waals surface area (Å²) in [5.74, 6) is -0.101. The minimum absolute atomic E-state index is 0.00406. The Morgan fingerprint density at radius 3 is 2.74 bits per heavy atom. The number of aryl methyl sites for hydroxylation is 1. The van der Waals surface area contributed by atoms with Crippen molar-refractivity contribution < 1.29 is 13.9 Å².